The number of aryl methyl sites for hydroxylation is 2. The van der Waals surface area contributed by atoms with Gasteiger partial charge in [0.05, 0.1) is 17.4 Å². The van der Waals surface area contributed by atoms with Gasteiger partial charge in [-0.2, -0.15) is 0 Å². The molecule has 0 saturated heterocycles. The number of nitrogens with zero attached hydrogens (tertiary/aromatic N) is 3. The highest BCUT2D eigenvalue weighted by Gasteiger charge is 2.21. The maximum atomic E-state index is 12.9. The summed E-state index contributed by atoms with van der Waals surface area (Å²) in [7, 11) is -1.55. The van der Waals surface area contributed by atoms with E-state index >= 15 is 0 Å². The summed E-state index contributed by atoms with van der Waals surface area (Å²) in [5.41, 5.74) is 3.35. The molecule has 0 aliphatic carbocycles. The Morgan fingerprint density at radius 2 is 1.86 bits per heavy atom. The van der Waals surface area contributed by atoms with E-state index in [-0.39, 0.29) is 28.8 Å². The predicted molar refractivity (Wildman–Crippen MR) is 110 cm³/mol. The molecule has 2 aromatic heterocycles. The van der Waals surface area contributed by atoms with Gasteiger partial charge in [0.15, 0.2) is 15.5 Å². The number of benzene rings is 1. The molecule has 1 unspecified atom stereocenters. The van der Waals surface area contributed by atoms with E-state index < -0.39 is 9.84 Å². The van der Waals surface area contributed by atoms with Gasteiger partial charge in [0.1, 0.15) is 0 Å². The van der Waals surface area contributed by atoms with Crippen molar-refractivity contribution >= 4 is 21.4 Å². The second-order valence-electron chi connectivity index (χ2n) is 7.27. The Morgan fingerprint density at radius 1 is 1.24 bits per heavy atom. The van der Waals surface area contributed by atoms with E-state index in [0.29, 0.717) is 11.3 Å². The first kappa shape index (κ1) is 20.8. The summed E-state index contributed by atoms with van der Waals surface area (Å²) in [5.74, 6) is -0.105. The summed E-state index contributed by atoms with van der Waals surface area (Å²) in [4.78, 5) is 30.8. The lowest BCUT2D eigenvalue weighted by Crippen LogP contribution is -2.31. The molecule has 0 saturated carbocycles. The van der Waals surface area contributed by atoms with Crippen molar-refractivity contribution in [1.82, 2.24) is 19.5 Å². The summed E-state index contributed by atoms with van der Waals surface area (Å²) in [6.45, 7) is 5.55. The molecule has 0 aliphatic rings. The van der Waals surface area contributed by atoms with Crippen LogP contribution in [-0.2, 0) is 21.1 Å². The Kier molecular flexibility index (Phi) is 5.36. The number of likely N-dealkylation sites (N-methyl/N-ethyl adjacent to an activating group) is 1. The van der Waals surface area contributed by atoms with Gasteiger partial charge in [-0.3, -0.25) is 14.7 Å². The van der Waals surface area contributed by atoms with Gasteiger partial charge >= 0.3 is 0 Å². The van der Waals surface area contributed by atoms with Crippen LogP contribution in [0.15, 0.2) is 40.0 Å². The number of nitrogens with one attached hydrogen (secondary N) is 1. The second-order valence-corrected chi connectivity index (χ2v) is 9.29. The molecule has 2 heterocycles. The van der Waals surface area contributed by atoms with Gasteiger partial charge in [0.2, 0.25) is 5.91 Å². The van der Waals surface area contributed by atoms with Crippen LogP contribution in [0.25, 0.3) is 5.65 Å². The third-order valence-electron chi connectivity index (χ3n) is 5.30. The number of fused-ring (bicyclic) bond motifs is 1. The van der Waals surface area contributed by atoms with Gasteiger partial charge in [0.25, 0.3) is 5.56 Å². The highest BCUT2D eigenvalue weighted by atomic mass is 32.2. The minimum Gasteiger partial charge on any atom is -0.339 e. The molecule has 0 fully saturated rings. The van der Waals surface area contributed by atoms with Crippen molar-refractivity contribution < 1.29 is 13.2 Å². The molecule has 154 valence electrons. The van der Waals surface area contributed by atoms with Crippen molar-refractivity contribution in [2.45, 2.75) is 38.1 Å². The van der Waals surface area contributed by atoms with E-state index in [0.717, 1.165) is 23.1 Å². The second kappa shape index (κ2) is 7.47. The lowest BCUT2D eigenvalue weighted by atomic mass is 10.0. The maximum Gasteiger partial charge on any atom is 0.266 e. The molecule has 9 heteroatoms. The van der Waals surface area contributed by atoms with Crippen LogP contribution in [0.1, 0.15) is 35.5 Å². The summed E-state index contributed by atoms with van der Waals surface area (Å²) >= 11 is 0. The van der Waals surface area contributed by atoms with Gasteiger partial charge in [0, 0.05) is 36.3 Å². The van der Waals surface area contributed by atoms with E-state index in [1.165, 1.54) is 6.07 Å². The maximum absolute atomic E-state index is 12.9. The molecule has 0 spiro atoms. The molecule has 0 bridgehead atoms. The number of sulfone groups is 1. The summed E-state index contributed by atoms with van der Waals surface area (Å²) in [6.07, 6.45) is 1.30. The number of amides is 1. The predicted octanol–water partition coefficient (Wildman–Crippen LogP) is 1.81. The van der Waals surface area contributed by atoms with Gasteiger partial charge in [-0.1, -0.05) is 12.1 Å². The van der Waals surface area contributed by atoms with Gasteiger partial charge in [-0.25, -0.2) is 17.9 Å². The van der Waals surface area contributed by atoms with Crippen molar-refractivity contribution in [3.8, 4) is 0 Å². The normalized spacial score (nSPS) is 12.9. The highest BCUT2D eigenvalue weighted by Crippen LogP contribution is 2.22. The average molecular weight is 417 g/mol. The standard InChI is InChI=1S/C20H24N4O4S/c1-12-17(14(3)24-18(21-12)11-19(25)22-24)10-20(26)23(4)13(2)15-6-8-16(9-7-15)29(5,27)28/h6-9,11,13H,10H2,1-5H3,(H,22,25). The molecule has 0 radical (unpaired) electrons. The topological polar surface area (TPSA) is 105 Å². The molecule has 1 aromatic carbocycles. The number of aromatic amines is 1. The van der Waals surface area contributed by atoms with Gasteiger partial charge in [-0.15, -0.1) is 0 Å². The Morgan fingerprint density at radius 3 is 2.45 bits per heavy atom. The Labute approximate surface area is 169 Å². The number of hydrogen-bond donors (Lipinski definition) is 1. The Hall–Kier alpha value is -2.94. The van der Waals surface area contributed by atoms with Gasteiger partial charge in [-0.05, 0) is 38.5 Å². The first-order valence-corrected chi connectivity index (χ1v) is 11.0. The number of hydrogen-bond acceptors (Lipinski definition) is 5. The molecule has 3 rings (SSSR count). The number of carbonyl (C=O) groups is 1. The molecular weight excluding hydrogens is 392 g/mol. The molecule has 1 N–H and O–H groups in total. The van der Waals surface area contributed by atoms with Crippen molar-refractivity contribution in [2.24, 2.45) is 0 Å². The van der Waals surface area contributed by atoms with Crippen LogP contribution in [0.2, 0.25) is 0 Å². The summed E-state index contributed by atoms with van der Waals surface area (Å²) in [6, 6.07) is 7.72. The molecular formula is C20H24N4O4S. The summed E-state index contributed by atoms with van der Waals surface area (Å²) < 4.78 is 24.8. The lowest BCUT2D eigenvalue weighted by molar-refractivity contribution is -0.131. The van der Waals surface area contributed by atoms with Crippen molar-refractivity contribution in [1.29, 1.82) is 0 Å². The fourth-order valence-electron chi connectivity index (χ4n) is 3.32. The van der Waals surface area contributed by atoms with Crippen LogP contribution >= 0.6 is 0 Å². The minimum atomic E-state index is -3.26. The van der Waals surface area contributed by atoms with E-state index in [4.69, 9.17) is 0 Å². The fourth-order valence-corrected chi connectivity index (χ4v) is 3.95. The first-order valence-electron chi connectivity index (χ1n) is 9.12. The molecule has 1 atom stereocenters. The van der Waals surface area contributed by atoms with Crippen LogP contribution in [0.3, 0.4) is 0 Å². The number of H-pyrrole nitrogens is 1. The molecule has 29 heavy (non-hydrogen) atoms. The minimum absolute atomic E-state index is 0.105. The van der Waals surface area contributed by atoms with Crippen LogP contribution < -0.4 is 5.56 Å². The highest BCUT2D eigenvalue weighted by molar-refractivity contribution is 7.90. The van der Waals surface area contributed by atoms with Crippen LogP contribution in [0.5, 0.6) is 0 Å². The number of aromatic nitrogens is 3. The zero-order valence-electron chi connectivity index (χ0n) is 17.1. The lowest BCUT2D eigenvalue weighted by Gasteiger charge is -2.26. The average Bonchev–Trinajstić information content (AvgIpc) is 3.03. The smallest absolute Gasteiger partial charge is 0.266 e. The third-order valence-corrected chi connectivity index (χ3v) is 6.42. The monoisotopic (exact) mass is 416 g/mol. The van der Waals surface area contributed by atoms with E-state index in [1.807, 2.05) is 20.8 Å². The quantitative estimate of drug-likeness (QED) is 0.683. The van der Waals surface area contributed by atoms with Crippen molar-refractivity contribution in [2.75, 3.05) is 13.3 Å². The van der Waals surface area contributed by atoms with E-state index in [1.54, 1.807) is 40.7 Å². The number of carbonyl (C=O) groups excluding carboxylic acids is 1. The first-order chi connectivity index (χ1) is 13.5. The van der Waals surface area contributed by atoms with Crippen molar-refractivity contribution in [3.63, 3.8) is 0 Å². The Balaban J connectivity index is 1.83. The van der Waals surface area contributed by atoms with Crippen LogP contribution in [0.4, 0.5) is 0 Å². The van der Waals surface area contributed by atoms with Crippen LogP contribution in [0, 0.1) is 13.8 Å². The zero-order valence-corrected chi connectivity index (χ0v) is 17.9. The van der Waals surface area contributed by atoms with Crippen molar-refractivity contribution in [3.05, 3.63) is 63.2 Å². The van der Waals surface area contributed by atoms with Crippen LogP contribution in [-0.4, -0.2) is 47.1 Å². The summed E-state index contributed by atoms with van der Waals surface area (Å²) in [5, 5.41) is 2.69. The number of rotatable bonds is 5. The van der Waals surface area contributed by atoms with Gasteiger partial charge < -0.3 is 4.90 Å². The molecule has 8 nitrogen and oxygen atoms in total. The molecule has 3 aromatic rings. The third kappa shape index (κ3) is 4.09. The Bertz CT molecular complexity index is 1240. The fraction of sp³-hybridized carbons (Fsp3) is 0.350. The molecule has 0 aliphatic heterocycles. The van der Waals surface area contributed by atoms with E-state index in [9.17, 15) is 18.0 Å². The molecule has 1 amide bonds. The van der Waals surface area contributed by atoms with E-state index in [2.05, 4.69) is 10.1 Å². The largest absolute Gasteiger partial charge is 0.339 e. The zero-order chi connectivity index (χ0) is 21.5. The SMILES string of the molecule is Cc1nc2cc(=O)[nH]n2c(C)c1CC(=O)N(C)C(C)c1ccc(S(C)(=O)=O)cc1.